The molecule has 2 N–H and O–H groups in total. The number of carbonyl (C=O) groups is 1. The highest BCUT2D eigenvalue weighted by Gasteiger charge is 2.36. The van der Waals surface area contributed by atoms with Crippen molar-refractivity contribution in [1.29, 1.82) is 0 Å². The summed E-state index contributed by atoms with van der Waals surface area (Å²) in [5.74, 6) is -0.816. The molecule has 3 rings (SSSR count). The van der Waals surface area contributed by atoms with Gasteiger partial charge in [-0.2, -0.15) is 0 Å². The average molecular weight is 292 g/mol. The van der Waals surface area contributed by atoms with E-state index in [2.05, 4.69) is 5.32 Å². The number of amides is 1. The fourth-order valence-corrected chi connectivity index (χ4v) is 2.99. The second-order valence-corrected chi connectivity index (χ2v) is 6.02. The Kier molecular flexibility index (Phi) is 4.10. The Morgan fingerprint density at radius 1 is 1.29 bits per heavy atom. The molecule has 1 saturated carbocycles. The predicted octanol–water partition coefficient (Wildman–Crippen LogP) is 2.14. The van der Waals surface area contributed by atoms with Gasteiger partial charge in [0.05, 0.1) is 0 Å². The van der Waals surface area contributed by atoms with Crippen molar-refractivity contribution < 1.29 is 14.3 Å². The van der Waals surface area contributed by atoms with Crippen molar-refractivity contribution in [3.63, 3.8) is 0 Å². The quantitative estimate of drug-likeness (QED) is 0.894. The molecule has 4 nitrogen and oxygen atoms in total. The molecule has 2 fully saturated rings. The van der Waals surface area contributed by atoms with Gasteiger partial charge in [0.2, 0.25) is 0 Å². The van der Waals surface area contributed by atoms with Crippen LogP contribution < -0.4 is 5.32 Å². The average Bonchev–Trinajstić information content (AvgIpc) is 3.30. The zero-order chi connectivity index (χ0) is 14.8. The van der Waals surface area contributed by atoms with Crippen LogP contribution in [0, 0.1) is 11.7 Å². The number of hydrogen-bond donors (Lipinski definition) is 2. The molecule has 1 aliphatic heterocycles. The second kappa shape index (κ2) is 6.02. The van der Waals surface area contributed by atoms with E-state index in [0.717, 1.165) is 38.8 Å². The maximum atomic E-state index is 13.9. The van der Waals surface area contributed by atoms with Gasteiger partial charge in [0.1, 0.15) is 17.1 Å². The van der Waals surface area contributed by atoms with E-state index < -0.39 is 5.82 Å². The first-order chi connectivity index (χ1) is 10.2. The van der Waals surface area contributed by atoms with E-state index in [9.17, 15) is 14.3 Å². The number of benzene rings is 1. The van der Waals surface area contributed by atoms with Gasteiger partial charge in [0, 0.05) is 12.6 Å². The highest BCUT2D eigenvalue weighted by Crippen LogP contribution is 2.32. The minimum absolute atomic E-state index is 0.182. The zero-order valence-corrected chi connectivity index (χ0v) is 12.0. The predicted molar refractivity (Wildman–Crippen MR) is 77.7 cm³/mol. The van der Waals surface area contributed by atoms with Crippen LogP contribution in [-0.4, -0.2) is 41.6 Å². The number of halogens is 1. The maximum absolute atomic E-state index is 13.9. The molecular formula is C16H21FN2O2. The number of aromatic hydroxyl groups is 1. The molecule has 0 spiro atoms. The number of phenolic OH excluding ortho intramolecular Hbond substituents is 1. The van der Waals surface area contributed by atoms with Gasteiger partial charge in [-0.3, -0.25) is 4.79 Å². The monoisotopic (exact) mass is 292 g/mol. The number of nitrogens with zero attached hydrogens (tertiary/aromatic N) is 1. The summed E-state index contributed by atoms with van der Waals surface area (Å²) in [5, 5.41) is 13.1. The summed E-state index contributed by atoms with van der Waals surface area (Å²) in [5.41, 5.74) is -0.182. The van der Waals surface area contributed by atoms with Gasteiger partial charge in [-0.05, 0) is 56.8 Å². The third-order valence-corrected chi connectivity index (χ3v) is 4.37. The first kappa shape index (κ1) is 14.3. The summed E-state index contributed by atoms with van der Waals surface area (Å²) < 4.78 is 13.9. The SMILES string of the molecule is O=C(c1c(O)cccc1F)N(CC1CCNCC1)C1CC1. The fraction of sp³-hybridized carbons (Fsp3) is 0.562. The molecule has 0 atom stereocenters. The zero-order valence-electron chi connectivity index (χ0n) is 12.0. The molecule has 1 amide bonds. The standard InChI is InChI=1S/C16H21FN2O2/c17-13-2-1-3-14(20)15(13)16(21)19(12-4-5-12)10-11-6-8-18-9-7-11/h1-3,11-12,18,20H,4-10H2. The first-order valence-electron chi connectivity index (χ1n) is 7.66. The van der Waals surface area contributed by atoms with Gasteiger partial charge in [0.25, 0.3) is 5.91 Å². The number of carbonyl (C=O) groups excluding carboxylic acids is 1. The Morgan fingerprint density at radius 2 is 2.00 bits per heavy atom. The van der Waals surface area contributed by atoms with E-state index in [1.807, 2.05) is 0 Å². The molecule has 0 bridgehead atoms. The normalized spacial score (nSPS) is 19.5. The van der Waals surface area contributed by atoms with Crippen LogP contribution in [0.3, 0.4) is 0 Å². The summed E-state index contributed by atoms with van der Waals surface area (Å²) in [4.78, 5) is 14.4. The Balaban J connectivity index is 1.78. The Labute approximate surface area is 124 Å². The smallest absolute Gasteiger partial charge is 0.260 e. The summed E-state index contributed by atoms with van der Waals surface area (Å²) in [6, 6.07) is 4.22. The number of rotatable bonds is 4. The maximum Gasteiger partial charge on any atom is 0.260 e. The second-order valence-electron chi connectivity index (χ2n) is 6.02. The number of piperidine rings is 1. The molecule has 5 heteroatoms. The molecule has 1 saturated heterocycles. The topological polar surface area (TPSA) is 52.6 Å². The summed E-state index contributed by atoms with van der Waals surface area (Å²) in [7, 11) is 0. The van der Waals surface area contributed by atoms with E-state index in [4.69, 9.17) is 0 Å². The molecule has 0 unspecified atom stereocenters. The van der Waals surface area contributed by atoms with Crippen molar-refractivity contribution in [2.24, 2.45) is 5.92 Å². The van der Waals surface area contributed by atoms with Crippen molar-refractivity contribution in [1.82, 2.24) is 10.2 Å². The van der Waals surface area contributed by atoms with Crippen molar-refractivity contribution >= 4 is 5.91 Å². The third kappa shape index (κ3) is 3.18. The molecule has 1 aromatic carbocycles. The van der Waals surface area contributed by atoms with Gasteiger partial charge >= 0.3 is 0 Å². The van der Waals surface area contributed by atoms with Crippen LogP contribution in [0.2, 0.25) is 0 Å². The minimum Gasteiger partial charge on any atom is -0.507 e. The van der Waals surface area contributed by atoms with Crippen LogP contribution in [0.15, 0.2) is 18.2 Å². The van der Waals surface area contributed by atoms with E-state index in [1.165, 1.54) is 18.2 Å². The molecule has 1 aliphatic carbocycles. The van der Waals surface area contributed by atoms with E-state index in [-0.39, 0.29) is 23.3 Å². The molecule has 2 aliphatic rings. The largest absolute Gasteiger partial charge is 0.507 e. The van der Waals surface area contributed by atoms with Crippen molar-refractivity contribution in [2.45, 2.75) is 31.7 Å². The minimum atomic E-state index is -0.643. The number of phenols is 1. The van der Waals surface area contributed by atoms with Crippen molar-refractivity contribution in [3.05, 3.63) is 29.6 Å². The highest BCUT2D eigenvalue weighted by molar-refractivity contribution is 5.97. The summed E-state index contributed by atoms with van der Waals surface area (Å²) >= 11 is 0. The number of nitrogens with one attached hydrogen (secondary N) is 1. The van der Waals surface area contributed by atoms with Crippen LogP contribution in [0.4, 0.5) is 4.39 Å². The molecule has 0 aromatic heterocycles. The Morgan fingerprint density at radius 3 is 2.62 bits per heavy atom. The van der Waals surface area contributed by atoms with Crippen molar-refractivity contribution in [3.8, 4) is 5.75 Å². The van der Waals surface area contributed by atoms with Gasteiger partial charge in [-0.25, -0.2) is 4.39 Å². The molecule has 0 radical (unpaired) electrons. The third-order valence-electron chi connectivity index (χ3n) is 4.37. The van der Waals surface area contributed by atoms with Gasteiger partial charge in [0.15, 0.2) is 0 Å². The van der Waals surface area contributed by atoms with Crippen LogP contribution in [0.5, 0.6) is 5.75 Å². The molecule has 1 heterocycles. The van der Waals surface area contributed by atoms with Crippen LogP contribution in [0.25, 0.3) is 0 Å². The summed E-state index contributed by atoms with van der Waals surface area (Å²) in [6.07, 6.45) is 4.04. The molecule has 1 aromatic rings. The number of hydrogen-bond acceptors (Lipinski definition) is 3. The fourth-order valence-electron chi connectivity index (χ4n) is 2.99. The van der Waals surface area contributed by atoms with Crippen LogP contribution in [-0.2, 0) is 0 Å². The van der Waals surface area contributed by atoms with Gasteiger partial charge in [-0.1, -0.05) is 6.07 Å². The lowest BCUT2D eigenvalue weighted by Crippen LogP contribution is -2.40. The molecular weight excluding hydrogens is 271 g/mol. The highest BCUT2D eigenvalue weighted by atomic mass is 19.1. The molecule has 21 heavy (non-hydrogen) atoms. The van der Waals surface area contributed by atoms with E-state index >= 15 is 0 Å². The molecule has 114 valence electrons. The summed E-state index contributed by atoms with van der Waals surface area (Å²) in [6.45, 7) is 2.61. The van der Waals surface area contributed by atoms with Crippen LogP contribution >= 0.6 is 0 Å². The Hall–Kier alpha value is -1.62. The van der Waals surface area contributed by atoms with Crippen LogP contribution in [0.1, 0.15) is 36.0 Å². The van der Waals surface area contributed by atoms with Gasteiger partial charge < -0.3 is 15.3 Å². The Bertz CT molecular complexity index is 505. The lowest BCUT2D eigenvalue weighted by atomic mass is 9.97. The first-order valence-corrected chi connectivity index (χ1v) is 7.66. The van der Waals surface area contributed by atoms with E-state index in [0.29, 0.717) is 12.5 Å². The lowest BCUT2D eigenvalue weighted by molar-refractivity contribution is 0.0693. The van der Waals surface area contributed by atoms with E-state index in [1.54, 1.807) is 4.90 Å². The van der Waals surface area contributed by atoms with Crippen molar-refractivity contribution in [2.75, 3.05) is 19.6 Å². The van der Waals surface area contributed by atoms with Gasteiger partial charge in [-0.15, -0.1) is 0 Å². The lowest BCUT2D eigenvalue weighted by Gasteiger charge is -2.30.